The number of amides is 1. The first-order chi connectivity index (χ1) is 15.8. The zero-order valence-electron chi connectivity index (χ0n) is 18.2. The second kappa shape index (κ2) is 9.92. The summed E-state index contributed by atoms with van der Waals surface area (Å²) in [6.07, 6.45) is 5.88. The van der Waals surface area contributed by atoms with Gasteiger partial charge in [-0.3, -0.25) is 10.1 Å². The summed E-state index contributed by atoms with van der Waals surface area (Å²) >= 11 is 13.0. The minimum Gasteiger partial charge on any atom is -0.457 e. The van der Waals surface area contributed by atoms with Crippen molar-refractivity contribution in [3.63, 3.8) is 0 Å². The number of carbonyl (C=O) groups excluding carboxylic acids is 1. The van der Waals surface area contributed by atoms with Gasteiger partial charge in [0.1, 0.15) is 22.6 Å². The van der Waals surface area contributed by atoms with E-state index < -0.39 is 5.91 Å². The van der Waals surface area contributed by atoms with Crippen molar-refractivity contribution in [2.45, 2.75) is 33.1 Å². The molecule has 3 aromatic rings. The predicted octanol–water partition coefficient (Wildman–Crippen LogP) is 6.49. The maximum absolute atomic E-state index is 12.3. The summed E-state index contributed by atoms with van der Waals surface area (Å²) in [6.45, 7) is 4.16. The highest BCUT2D eigenvalue weighted by Gasteiger charge is 2.24. The Labute approximate surface area is 207 Å². The van der Waals surface area contributed by atoms with Crippen LogP contribution in [0.3, 0.4) is 0 Å². The zero-order chi connectivity index (χ0) is 23.5. The van der Waals surface area contributed by atoms with E-state index in [1.807, 2.05) is 31.2 Å². The summed E-state index contributed by atoms with van der Waals surface area (Å²) in [7, 11) is 0. The number of nitriles is 1. The number of thiophene rings is 1. The minimum atomic E-state index is -0.391. The van der Waals surface area contributed by atoms with E-state index in [-0.39, 0.29) is 5.11 Å². The molecule has 0 bridgehead atoms. The van der Waals surface area contributed by atoms with Gasteiger partial charge in [0.05, 0.1) is 5.56 Å². The number of halogens is 1. The molecule has 0 radical (unpaired) electrons. The second-order valence-corrected chi connectivity index (χ2v) is 10.0. The Morgan fingerprint density at radius 2 is 2.18 bits per heavy atom. The first-order valence-electron chi connectivity index (χ1n) is 10.5. The van der Waals surface area contributed by atoms with Gasteiger partial charge < -0.3 is 9.73 Å². The fourth-order valence-electron chi connectivity index (χ4n) is 3.75. The summed E-state index contributed by atoms with van der Waals surface area (Å²) in [4.78, 5) is 13.5. The van der Waals surface area contributed by atoms with E-state index in [0.29, 0.717) is 33.0 Å². The number of anilines is 1. The van der Waals surface area contributed by atoms with Crippen molar-refractivity contribution in [2.24, 2.45) is 5.92 Å². The number of aryl methyl sites for hydroxylation is 1. The van der Waals surface area contributed by atoms with Gasteiger partial charge in [-0.15, -0.1) is 11.3 Å². The van der Waals surface area contributed by atoms with Crippen LogP contribution in [0.2, 0.25) is 5.02 Å². The summed E-state index contributed by atoms with van der Waals surface area (Å²) < 4.78 is 5.79. The molecule has 2 N–H and O–H groups in total. The third-order valence-corrected chi connectivity index (χ3v) is 7.35. The van der Waals surface area contributed by atoms with Crippen molar-refractivity contribution in [3.8, 4) is 17.4 Å². The molecule has 33 heavy (non-hydrogen) atoms. The molecule has 0 saturated heterocycles. The molecule has 1 aliphatic rings. The van der Waals surface area contributed by atoms with Crippen molar-refractivity contribution >= 4 is 57.3 Å². The minimum absolute atomic E-state index is 0.155. The molecular formula is C25H22ClN3O2S2. The van der Waals surface area contributed by atoms with E-state index in [1.54, 1.807) is 23.5 Å². The lowest BCUT2D eigenvalue weighted by molar-refractivity contribution is -0.115. The lowest BCUT2D eigenvalue weighted by Gasteiger charge is -2.17. The Balaban J connectivity index is 1.38. The van der Waals surface area contributed by atoms with Crippen molar-refractivity contribution in [2.75, 3.05) is 5.32 Å². The van der Waals surface area contributed by atoms with Crippen LogP contribution in [0.15, 0.2) is 40.8 Å². The number of furan rings is 1. The van der Waals surface area contributed by atoms with Crippen LogP contribution in [0.1, 0.15) is 40.7 Å². The van der Waals surface area contributed by atoms with Crippen LogP contribution in [0.5, 0.6) is 0 Å². The highest BCUT2D eigenvalue weighted by Crippen LogP contribution is 2.39. The molecule has 1 atom stereocenters. The van der Waals surface area contributed by atoms with Crippen LogP contribution >= 0.6 is 35.2 Å². The van der Waals surface area contributed by atoms with Crippen LogP contribution in [-0.2, 0) is 17.6 Å². The van der Waals surface area contributed by atoms with Gasteiger partial charge in [-0.25, -0.2) is 0 Å². The number of fused-ring (bicyclic) bond motifs is 1. The number of benzene rings is 1. The normalized spacial score (nSPS) is 15.2. The molecule has 2 aromatic heterocycles. The van der Waals surface area contributed by atoms with E-state index in [0.717, 1.165) is 36.0 Å². The quantitative estimate of drug-likeness (QED) is 0.319. The molecule has 1 unspecified atom stereocenters. The van der Waals surface area contributed by atoms with Crippen LogP contribution in [0, 0.1) is 24.2 Å². The topological polar surface area (TPSA) is 78.1 Å². The lowest BCUT2D eigenvalue weighted by atomic mass is 9.89. The van der Waals surface area contributed by atoms with E-state index in [4.69, 9.17) is 28.2 Å². The molecule has 0 aliphatic heterocycles. The molecule has 2 heterocycles. The van der Waals surface area contributed by atoms with Crippen molar-refractivity contribution in [1.29, 1.82) is 5.26 Å². The summed E-state index contributed by atoms with van der Waals surface area (Å²) in [6, 6.07) is 11.6. The maximum atomic E-state index is 12.3. The fraction of sp³-hybridized carbons (Fsp3) is 0.240. The predicted molar refractivity (Wildman–Crippen MR) is 138 cm³/mol. The molecular weight excluding hydrogens is 474 g/mol. The lowest BCUT2D eigenvalue weighted by Crippen LogP contribution is -2.32. The van der Waals surface area contributed by atoms with E-state index in [1.165, 1.54) is 11.0 Å². The molecule has 0 saturated carbocycles. The van der Waals surface area contributed by atoms with Crippen LogP contribution < -0.4 is 10.6 Å². The molecule has 4 rings (SSSR count). The Kier molecular flexibility index (Phi) is 6.99. The van der Waals surface area contributed by atoms with Crippen LogP contribution in [-0.4, -0.2) is 11.0 Å². The average Bonchev–Trinajstić information content (AvgIpc) is 3.37. The van der Waals surface area contributed by atoms with Gasteiger partial charge in [-0.2, -0.15) is 5.26 Å². The molecule has 1 aliphatic carbocycles. The third kappa shape index (κ3) is 5.36. The van der Waals surface area contributed by atoms with Crippen molar-refractivity contribution in [1.82, 2.24) is 5.32 Å². The zero-order valence-corrected chi connectivity index (χ0v) is 20.6. The molecule has 1 aromatic carbocycles. The number of thiocarbonyl (C=S) groups is 1. The average molecular weight is 496 g/mol. The highest BCUT2D eigenvalue weighted by atomic mass is 35.5. The molecule has 1 amide bonds. The third-order valence-electron chi connectivity index (χ3n) is 5.57. The first kappa shape index (κ1) is 23.2. The molecule has 168 valence electrons. The highest BCUT2D eigenvalue weighted by molar-refractivity contribution is 7.80. The van der Waals surface area contributed by atoms with E-state index in [9.17, 15) is 10.1 Å². The van der Waals surface area contributed by atoms with Gasteiger partial charge in [0.2, 0.25) is 5.91 Å². The standard InChI is InChI=1S/C25H22ClN3O2S2/c1-14-3-8-18-19(13-27)24(33-22(18)11-14)29-25(32)28-23(30)10-7-17-6-9-21(31-17)16-5-4-15(2)20(26)12-16/h4-7,9-10,12,14H,3,8,11H2,1-2H3,(H2,28,29,30,32)/b10-7+. The van der Waals surface area contributed by atoms with Gasteiger partial charge in [-0.05, 0) is 79.7 Å². The number of carbonyl (C=O) groups is 1. The number of rotatable bonds is 4. The van der Waals surface area contributed by atoms with Crippen molar-refractivity contribution < 1.29 is 9.21 Å². The van der Waals surface area contributed by atoms with Crippen molar-refractivity contribution in [3.05, 3.63) is 68.8 Å². The van der Waals surface area contributed by atoms with E-state index in [2.05, 4.69) is 23.6 Å². The van der Waals surface area contributed by atoms with Gasteiger partial charge in [-0.1, -0.05) is 30.7 Å². The maximum Gasteiger partial charge on any atom is 0.250 e. The largest absolute Gasteiger partial charge is 0.457 e. The van der Waals surface area contributed by atoms with Gasteiger partial charge in [0.25, 0.3) is 0 Å². The Bertz CT molecular complexity index is 1300. The number of nitrogens with zero attached hydrogens (tertiary/aromatic N) is 1. The SMILES string of the molecule is Cc1ccc(-c2ccc(/C=C/C(=O)NC(=S)Nc3sc4c(c3C#N)CCC(C)C4)o2)cc1Cl. The smallest absolute Gasteiger partial charge is 0.250 e. The van der Waals surface area contributed by atoms with Gasteiger partial charge >= 0.3 is 0 Å². The molecule has 0 fully saturated rings. The first-order valence-corrected chi connectivity index (χ1v) is 12.2. The number of nitrogens with one attached hydrogen (secondary N) is 2. The summed E-state index contributed by atoms with van der Waals surface area (Å²) in [5.41, 5.74) is 3.60. The summed E-state index contributed by atoms with van der Waals surface area (Å²) in [5, 5.41) is 16.8. The van der Waals surface area contributed by atoms with Crippen LogP contribution in [0.25, 0.3) is 17.4 Å². The number of hydrogen-bond acceptors (Lipinski definition) is 5. The Hall–Kier alpha value is -2.92. The van der Waals surface area contributed by atoms with Gasteiger partial charge in [0.15, 0.2) is 5.11 Å². The van der Waals surface area contributed by atoms with E-state index >= 15 is 0 Å². The summed E-state index contributed by atoms with van der Waals surface area (Å²) in [5.74, 6) is 1.41. The monoisotopic (exact) mass is 495 g/mol. The number of hydrogen-bond donors (Lipinski definition) is 2. The molecule has 5 nitrogen and oxygen atoms in total. The molecule has 8 heteroatoms. The van der Waals surface area contributed by atoms with Gasteiger partial charge in [0, 0.05) is 21.5 Å². The second-order valence-electron chi connectivity index (χ2n) is 8.11. The molecule has 0 spiro atoms. The fourth-order valence-corrected chi connectivity index (χ4v) is 5.56. The van der Waals surface area contributed by atoms with Crippen LogP contribution in [0.4, 0.5) is 5.00 Å². The Morgan fingerprint density at radius 3 is 2.94 bits per heavy atom. The Morgan fingerprint density at radius 1 is 1.36 bits per heavy atom.